The van der Waals surface area contributed by atoms with Gasteiger partial charge < -0.3 is 0 Å². The van der Waals surface area contributed by atoms with Gasteiger partial charge in [0, 0.05) is 0 Å². The van der Waals surface area contributed by atoms with E-state index in [1.54, 1.807) is 0 Å². The van der Waals surface area contributed by atoms with Gasteiger partial charge in [-0.15, -0.1) is 0 Å². The van der Waals surface area contributed by atoms with Crippen molar-refractivity contribution in [2.45, 2.75) is 0 Å². The van der Waals surface area contributed by atoms with E-state index in [2.05, 4.69) is 0 Å². The summed E-state index contributed by atoms with van der Waals surface area (Å²) in [5.41, 5.74) is 0. The molecule has 0 aromatic heterocycles. The molecule has 0 fully saturated rings. The Hall–Kier alpha value is 0.709. The van der Waals surface area contributed by atoms with Crippen LogP contribution in [0.4, 0.5) is 0 Å². The standard InChI is InChI=1S/CH5O2PSe/c1-4(2,3)5/h1H3,(H2,2,3,5)/p-2. The molecule has 0 saturated carbocycles. The second-order valence-corrected chi connectivity index (χ2v) is 6.49. The van der Waals surface area contributed by atoms with Crippen LogP contribution in [0.25, 0.3) is 0 Å². The summed E-state index contributed by atoms with van der Waals surface area (Å²) in [6.45, 7) is 1.13. The Bertz CT molecular complexity index is 55.8. The maximum absolute atomic E-state index is 9.60. The number of rotatable bonds is 0. The molecule has 0 amide bonds. The molecule has 0 heterocycles. The third-order valence-electron chi connectivity index (χ3n) is 0. The Morgan fingerprint density at radius 1 is 2.00 bits per heavy atom. The maximum atomic E-state index is 9.60. The van der Waals surface area contributed by atoms with E-state index in [0.717, 1.165) is 6.66 Å². The van der Waals surface area contributed by atoms with Crippen molar-refractivity contribution in [2.75, 3.05) is 6.66 Å². The molecule has 0 spiro atoms. The molecule has 1 unspecified atom stereocenters. The van der Waals surface area contributed by atoms with Gasteiger partial charge in [-0.25, -0.2) is 0 Å². The van der Waals surface area contributed by atoms with Gasteiger partial charge in [0.15, 0.2) is 0 Å². The topological polar surface area (TPSA) is 40.1 Å². The summed E-state index contributed by atoms with van der Waals surface area (Å²) in [6, 6.07) is -3.01. The van der Waals surface area contributed by atoms with Crippen molar-refractivity contribution in [3.8, 4) is 0 Å². The van der Waals surface area contributed by atoms with Gasteiger partial charge in [0.2, 0.25) is 0 Å². The van der Waals surface area contributed by atoms with Crippen LogP contribution in [0.2, 0.25) is 0 Å². The van der Waals surface area contributed by atoms with Crippen LogP contribution in [0.3, 0.4) is 0 Å². The van der Waals surface area contributed by atoms with E-state index in [1.165, 1.54) is 0 Å². The van der Waals surface area contributed by atoms with Crippen LogP contribution in [0.15, 0.2) is 0 Å². The molecule has 32 valence electrons. The Kier molecular flexibility index (Phi) is 1.64. The molecule has 0 aromatic carbocycles. The summed E-state index contributed by atoms with van der Waals surface area (Å²) >= 11 is 1.98. The third kappa shape index (κ3) is 68.7. The fraction of sp³-hybridized carbons (Fsp3) is 1.00. The van der Waals surface area contributed by atoms with E-state index in [-0.39, 0.29) is 0 Å². The fourth-order valence-electron chi connectivity index (χ4n) is 0. The molecule has 0 radical (unpaired) electrons. The first-order valence-corrected chi connectivity index (χ1v) is 5.28. The molecule has 0 bridgehead atoms. The van der Waals surface area contributed by atoms with Crippen LogP contribution >= 0.6 is 6.06 Å². The molecule has 1 atom stereocenters. The SMILES string of the molecule is CP(=O)([O-])[Se-]. The Balaban J connectivity index is 3.47. The first kappa shape index (κ1) is 5.71. The van der Waals surface area contributed by atoms with E-state index < -0.39 is 6.06 Å². The summed E-state index contributed by atoms with van der Waals surface area (Å²) in [5.74, 6) is 0. The van der Waals surface area contributed by atoms with Crippen molar-refractivity contribution >= 4 is 21.6 Å². The zero-order chi connectivity index (χ0) is 4.50. The van der Waals surface area contributed by atoms with E-state index in [4.69, 9.17) is 0 Å². The van der Waals surface area contributed by atoms with Gasteiger partial charge >= 0.3 is 37.8 Å². The zero-order valence-electron chi connectivity index (χ0n) is 2.67. The molecule has 0 aliphatic carbocycles. The Morgan fingerprint density at radius 3 is 2.00 bits per heavy atom. The van der Waals surface area contributed by atoms with Gasteiger partial charge in [0.25, 0.3) is 0 Å². The van der Waals surface area contributed by atoms with Gasteiger partial charge in [-0.2, -0.15) is 0 Å². The van der Waals surface area contributed by atoms with E-state index in [9.17, 15) is 9.46 Å². The second-order valence-electron chi connectivity index (χ2n) is 0.771. The van der Waals surface area contributed by atoms with Crippen LogP contribution in [0.5, 0.6) is 0 Å². The van der Waals surface area contributed by atoms with Crippen molar-refractivity contribution in [2.24, 2.45) is 0 Å². The molecule has 0 aliphatic heterocycles. The molecule has 4 heteroatoms. The van der Waals surface area contributed by atoms with Crippen molar-refractivity contribution in [1.29, 1.82) is 0 Å². The van der Waals surface area contributed by atoms with Gasteiger partial charge in [0.05, 0.1) is 0 Å². The van der Waals surface area contributed by atoms with Crippen molar-refractivity contribution in [3.05, 3.63) is 0 Å². The van der Waals surface area contributed by atoms with Crippen molar-refractivity contribution < 1.29 is 9.46 Å². The van der Waals surface area contributed by atoms with Crippen LogP contribution < -0.4 is 4.89 Å². The van der Waals surface area contributed by atoms with Crippen LogP contribution in [0, 0.1) is 0 Å². The van der Waals surface area contributed by atoms with E-state index >= 15 is 0 Å². The van der Waals surface area contributed by atoms with Gasteiger partial charge in [0.1, 0.15) is 0 Å². The first-order chi connectivity index (χ1) is 2.00. The minimum atomic E-state index is -3.01. The quantitative estimate of drug-likeness (QED) is 0.345. The molecule has 0 aliphatic rings. The predicted octanol–water partition coefficient (Wildman–Crippen LogP) is -0.662. The monoisotopic (exact) mass is 158 g/mol. The average molecular weight is 157 g/mol. The molecule has 0 N–H and O–H groups in total. The molecular weight excluding hydrogens is 154 g/mol. The van der Waals surface area contributed by atoms with Crippen molar-refractivity contribution in [1.82, 2.24) is 0 Å². The number of hydrogen-bond acceptors (Lipinski definition) is 2. The average Bonchev–Trinajstić information content (AvgIpc) is 0.722. The normalized spacial score (nSPS) is 21.4. The second kappa shape index (κ2) is 1.44. The molecule has 0 rings (SSSR count). The molecule has 5 heavy (non-hydrogen) atoms. The molecule has 0 aromatic rings. The molecule has 0 saturated heterocycles. The van der Waals surface area contributed by atoms with Gasteiger partial charge in [-0.05, 0) is 0 Å². The first-order valence-electron chi connectivity index (χ1n) is 0.995. The van der Waals surface area contributed by atoms with Crippen LogP contribution in [-0.4, -0.2) is 22.2 Å². The van der Waals surface area contributed by atoms with Crippen LogP contribution in [0.1, 0.15) is 0 Å². The Labute approximate surface area is 38.5 Å². The Morgan fingerprint density at radius 2 is 2.00 bits per heavy atom. The predicted molar refractivity (Wildman–Crippen MR) is 19.3 cm³/mol. The number of hydrogen-bond donors (Lipinski definition) is 0. The summed E-state index contributed by atoms with van der Waals surface area (Å²) < 4.78 is 9.60. The van der Waals surface area contributed by atoms with Crippen LogP contribution in [-0.2, 0) is 4.57 Å². The fourth-order valence-corrected chi connectivity index (χ4v) is 0. The van der Waals surface area contributed by atoms with Gasteiger partial charge in [-0.3, -0.25) is 0 Å². The summed E-state index contributed by atoms with van der Waals surface area (Å²) in [5, 5.41) is 0. The van der Waals surface area contributed by atoms with Crippen molar-refractivity contribution in [3.63, 3.8) is 0 Å². The molecular formula is CH3O2PSe-2. The van der Waals surface area contributed by atoms with E-state index in [0.29, 0.717) is 0 Å². The summed E-state index contributed by atoms with van der Waals surface area (Å²) in [7, 11) is 0. The summed E-state index contributed by atoms with van der Waals surface area (Å²) in [6.07, 6.45) is 0. The van der Waals surface area contributed by atoms with E-state index in [1.807, 2.05) is 15.6 Å². The van der Waals surface area contributed by atoms with Gasteiger partial charge in [-0.1, -0.05) is 0 Å². The molecule has 2 nitrogen and oxygen atoms in total. The summed E-state index contributed by atoms with van der Waals surface area (Å²) in [4.78, 5) is 9.60. The zero-order valence-corrected chi connectivity index (χ0v) is 5.28. The minimum absolute atomic E-state index is 1.13. The third-order valence-corrected chi connectivity index (χ3v) is 0.